The van der Waals surface area contributed by atoms with Crippen molar-refractivity contribution < 1.29 is 14.3 Å². The van der Waals surface area contributed by atoms with Crippen LogP contribution in [0.4, 0.5) is 0 Å². The van der Waals surface area contributed by atoms with E-state index < -0.39 is 17.8 Å². The molecule has 1 amide bonds. The molecule has 10 heavy (non-hydrogen) atoms. The summed E-state index contributed by atoms with van der Waals surface area (Å²) in [6, 6.07) is 0. The maximum Gasteiger partial charge on any atom is 0.249 e. The second-order valence-electron chi connectivity index (χ2n) is 2.72. The second kappa shape index (κ2) is 2.21. The Morgan fingerprint density at radius 1 is 1.70 bits per heavy atom. The van der Waals surface area contributed by atoms with Gasteiger partial charge in [0, 0.05) is 0 Å². The van der Waals surface area contributed by atoms with E-state index >= 15 is 0 Å². The number of ether oxygens (including phenoxy) is 2. The lowest BCUT2D eigenvalue weighted by Gasteiger charge is -2.15. The van der Waals surface area contributed by atoms with Crippen LogP contribution >= 0.6 is 0 Å². The van der Waals surface area contributed by atoms with Gasteiger partial charge in [-0.05, 0) is 13.8 Å². The number of amides is 1. The first kappa shape index (κ1) is 7.50. The maximum absolute atomic E-state index is 10.5. The highest BCUT2D eigenvalue weighted by atomic mass is 16.7. The molecule has 58 valence electrons. The van der Waals surface area contributed by atoms with E-state index in [1.54, 1.807) is 13.8 Å². The smallest absolute Gasteiger partial charge is 0.249 e. The lowest BCUT2D eigenvalue weighted by Crippen LogP contribution is -2.32. The van der Waals surface area contributed by atoms with Crippen LogP contribution < -0.4 is 5.73 Å². The molecule has 0 aromatic carbocycles. The van der Waals surface area contributed by atoms with Gasteiger partial charge in [-0.1, -0.05) is 0 Å². The van der Waals surface area contributed by atoms with Gasteiger partial charge in [-0.15, -0.1) is 0 Å². The zero-order chi connectivity index (χ0) is 7.78. The van der Waals surface area contributed by atoms with Crippen LogP contribution in [-0.4, -0.2) is 24.4 Å². The monoisotopic (exact) mass is 145 g/mol. The normalized spacial score (nSPS) is 30.4. The summed E-state index contributed by atoms with van der Waals surface area (Å²) in [4.78, 5) is 10.5. The van der Waals surface area contributed by atoms with E-state index in [1.165, 1.54) is 0 Å². The summed E-state index contributed by atoms with van der Waals surface area (Å²) in [5.41, 5.74) is 4.97. The number of nitrogens with two attached hydrogens (primary N) is 1. The van der Waals surface area contributed by atoms with Crippen LogP contribution in [0.1, 0.15) is 13.8 Å². The molecule has 4 heteroatoms. The number of rotatable bonds is 1. The fraction of sp³-hybridized carbons (Fsp3) is 0.833. The van der Waals surface area contributed by atoms with E-state index in [4.69, 9.17) is 15.2 Å². The summed E-state index contributed by atoms with van der Waals surface area (Å²) in [6.07, 6.45) is -0.574. The Kier molecular flexibility index (Phi) is 1.66. The molecule has 1 fully saturated rings. The Bertz CT molecular complexity index is 155. The summed E-state index contributed by atoms with van der Waals surface area (Å²) < 4.78 is 10.2. The summed E-state index contributed by atoms with van der Waals surface area (Å²) in [5.74, 6) is -1.12. The van der Waals surface area contributed by atoms with Crippen molar-refractivity contribution in [2.45, 2.75) is 25.7 Å². The number of hydrogen-bond acceptors (Lipinski definition) is 3. The SMILES string of the molecule is CC1(C)OC[C@@H](C(N)=O)O1. The minimum atomic E-state index is -0.653. The van der Waals surface area contributed by atoms with Crippen molar-refractivity contribution in [2.75, 3.05) is 6.61 Å². The summed E-state index contributed by atoms with van der Waals surface area (Å²) in [5, 5.41) is 0. The third kappa shape index (κ3) is 1.46. The van der Waals surface area contributed by atoms with Gasteiger partial charge in [0.05, 0.1) is 6.61 Å². The van der Waals surface area contributed by atoms with Gasteiger partial charge >= 0.3 is 0 Å². The minimum absolute atomic E-state index is 0.266. The first-order chi connectivity index (χ1) is 4.51. The van der Waals surface area contributed by atoms with Crippen molar-refractivity contribution in [3.8, 4) is 0 Å². The predicted octanol–water partition coefficient (Wildman–Crippen LogP) is -0.377. The van der Waals surface area contributed by atoms with Crippen molar-refractivity contribution in [3.63, 3.8) is 0 Å². The van der Waals surface area contributed by atoms with Crippen LogP contribution in [-0.2, 0) is 14.3 Å². The highest BCUT2D eigenvalue weighted by Crippen LogP contribution is 2.21. The van der Waals surface area contributed by atoms with Gasteiger partial charge in [-0.25, -0.2) is 0 Å². The van der Waals surface area contributed by atoms with Gasteiger partial charge in [0.15, 0.2) is 11.9 Å². The van der Waals surface area contributed by atoms with Gasteiger partial charge < -0.3 is 15.2 Å². The van der Waals surface area contributed by atoms with Crippen LogP contribution in [0.5, 0.6) is 0 Å². The van der Waals surface area contributed by atoms with Crippen LogP contribution in [0.3, 0.4) is 0 Å². The van der Waals surface area contributed by atoms with Gasteiger partial charge in [0.2, 0.25) is 5.91 Å². The first-order valence-electron chi connectivity index (χ1n) is 3.12. The molecule has 4 nitrogen and oxygen atoms in total. The van der Waals surface area contributed by atoms with E-state index in [9.17, 15) is 4.79 Å². The molecule has 1 saturated heterocycles. The standard InChI is InChI=1S/C6H11NO3/c1-6(2)9-3-4(10-6)5(7)8/h4H,3H2,1-2H3,(H2,7,8)/t4-/m0/s1. The van der Waals surface area contributed by atoms with Crippen LogP contribution in [0.25, 0.3) is 0 Å². The average molecular weight is 145 g/mol. The van der Waals surface area contributed by atoms with Gasteiger partial charge in [-0.2, -0.15) is 0 Å². The van der Waals surface area contributed by atoms with E-state index in [2.05, 4.69) is 0 Å². The third-order valence-corrected chi connectivity index (χ3v) is 1.33. The average Bonchev–Trinajstić information content (AvgIpc) is 2.10. The Labute approximate surface area is 59.3 Å². The summed E-state index contributed by atoms with van der Waals surface area (Å²) >= 11 is 0. The topological polar surface area (TPSA) is 61.5 Å². The van der Waals surface area contributed by atoms with Crippen LogP contribution in [0, 0.1) is 0 Å². The Morgan fingerprint density at radius 2 is 2.30 bits per heavy atom. The predicted molar refractivity (Wildman–Crippen MR) is 34.1 cm³/mol. The lowest BCUT2D eigenvalue weighted by molar-refractivity contribution is -0.151. The zero-order valence-electron chi connectivity index (χ0n) is 6.09. The van der Waals surface area contributed by atoms with Crippen molar-refractivity contribution in [3.05, 3.63) is 0 Å². The largest absolute Gasteiger partial charge is 0.367 e. The molecule has 1 aliphatic rings. The van der Waals surface area contributed by atoms with E-state index in [-0.39, 0.29) is 6.61 Å². The molecule has 0 radical (unpaired) electrons. The molecule has 0 unspecified atom stereocenters. The molecular formula is C6H11NO3. The molecule has 1 rings (SSSR count). The van der Waals surface area contributed by atoms with Crippen molar-refractivity contribution >= 4 is 5.91 Å². The van der Waals surface area contributed by atoms with Crippen molar-refractivity contribution in [1.29, 1.82) is 0 Å². The highest BCUT2D eigenvalue weighted by molar-refractivity contribution is 5.79. The molecule has 0 aliphatic carbocycles. The fourth-order valence-electron chi connectivity index (χ4n) is 0.827. The fourth-order valence-corrected chi connectivity index (χ4v) is 0.827. The quantitative estimate of drug-likeness (QED) is 0.547. The van der Waals surface area contributed by atoms with Crippen molar-refractivity contribution in [1.82, 2.24) is 0 Å². The Hall–Kier alpha value is -0.610. The molecule has 0 bridgehead atoms. The van der Waals surface area contributed by atoms with E-state index in [0.717, 1.165) is 0 Å². The third-order valence-electron chi connectivity index (χ3n) is 1.33. The summed E-state index contributed by atoms with van der Waals surface area (Å²) in [6.45, 7) is 3.76. The molecule has 1 aliphatic heterocycles. The molecule has 0 aromatic heterocycles. The number of hydrogen-bond donors (Lipinski definition) is 1. The first-order valence-corrected chi connectivity index (χ1v) is 3.12. The number of carbonyl (C=O) groups is 1. The molecule has 0 saturated carbocycles. The van der Waals surface area contributed by atoms with Gasteiger partial charge in [0.1, 0.15) is 0 Å². The molecule has 0 aromatic rings. The Morgan fingerprint density at radius 3 is 2.50 bits per heavy atom. The molecule has 1 atom stereocenters. The Balaban J connectivity index is 2.51. The van der Waals surface area contributed by atoms with Gasteiger partial charge in [0.25, 0.3) is 0 Å². The maximum atomic E-state index is 10.5. The van der Waals surface area contributed by atoms with Crippen molar-refractivity contribution in [2.24, 2.45) is 5.73 Å². The highest BCUT2D eigenvalue weighted by Gasteiger charge is 2.35. The van der Waals surface area contributed by atoms with Crippen LogP contribution in [0.15, 0.2) is 0 Å². The van der Waals surface area contributed by atoms with Gasteiger partial charge in [-0.3, -0.25) is 4.79 Å². The summed E-state index contributed by atoms with van der Waals surface area (Å²) in [7, 11) is 0. The molecule has 1 heterocycles. The zero-order valence-corrected chi connectivity index (χ0v) is 6.09. The molecule has 0 spiro atoms. The molecule has 2 N–H and O–H groups in total. The number of carbonyl (C=O) groups excluding carboxylic acids is 1. The number of primary amides is 1. The molecular weight excluding hydrogens is 134 g/mol. The van der Waals surface area contributed by atoms with E-state index in [0.29, 0.717) is 0 Å². The second-order valence-corrected chi connectivity index (χ2v) is 2.72. The van der Waals surface area contributed by atoms with E-state index in [1.807, 2.05) is 0 Å². The minimum Gasteiger partial charge on any atom is -0.367 e. The lowest BCUT2D eigenvalue weighted by atomic mass is 10.4. The van der Waals surface area contributed by atoms with Crippen LogP contribution in [0.2, 0.25) is 0 Å².